The summed E-state index contributed by atoms with van der Waals surface area (Å²) in [6.45, 7) is 8.01. The van der Waals surface area contributed by atoms with Gasteiger partial charge in [-0.3, -0.25) is 9.00 Å². The lowest BCUT2D eigenvalue weighted by Crippen LogP contribution is -2.38. The van der Waals surface area contributed by atoms with Crippen LogP contribution in [0.3, 0.4) is 0 Å². The van der Waals surface area contributed by atoms with E-state index in [-0.39, 0.29) is 22.6 Å². The molecule has 0 aliphatic carbocycles. The zero-order chi connectivity index (χ0) is 16.0. The Bertz CT molecular complexity index is 483. The third kappa shape index (κ3) is 5.59. The minimum atomic E-state index is -0.960. The molecule has 4 nitrogen and oxygen atoms in total. The molecule has 118 valence electrons. The van der Waals surface area contributed by atoms with Gasteiger partial charge in [0.05, 0.1) is 5.92 Å². The second-order valence-corrected chi connectivity index (χ2v) is 8.50. The van der Waals surface area contributed by atoms with Gasteiger partial charge in [-0.2, -0.15) is 0 Å². The molecular formula is C16H26N2O2S. The SMILES string of the molecule is CC(C(=O)NCCS(=O)C(C)(C)C)C(N)c1ccccc1. The number of hydrogen-bond acceptors (Lipinski definition) is 3. The summed E-state index contributed by atoms with van der Waals surface area (Å²) in [4.78, 5) is 12.1. The van der Waals surface area contributed by atoms with E-state index >= 15 is 0 Å². The number of amides is 1. The normalized spacial score (nSPS) is 16.0. The number of nitrogens with one attached hydrogen (secondary N) is 1. The summed E-state index contributed by atoms with van der Waals surface area (Å²) in [5, 5.41) is 2.82. The van der Waals surface area contributed by atoms with E-state index in [9.17, 15) is 9.00 Å². The molecule has 1 aromatic rings. The third-order valence-electron chi connectivity index (χ3n) is 3.41. The number of hydrogen-bond donors (Lipinski definition) is 2. The van der Waals surface area contributed by atoms with Crippen LogP contribution in [0.4, 0.5) is 0 Å². The summed E-state index contributed by atoms with van der Waals surface area (Å²) in [5.41, 5.74) is 7.06. The van der Waals surface area contributed by atoms with Crippen molar-refractivity contribution in [1.82, 2.24) is 5.32 Å². The average molecular weight is 310 g/mol. The quantitative estimate of drug-likeness (QED) is 0.844. The fourth-order valence-corrected chi connectivity index (χ4v) is 2.76. The van der Waals surface area contributed by atoms with Gasteiger partial charge in [0.2, 0.25) is 5.91 Å². The lowest BCUT2D eigenvalue weighted by atomic mass is 9.95. The van der Waals surface area contributed by atoms with Gasteiger partial charge in [-0.25, -0.2) is 0 Å². The highest BCUT2D eigenvalue weighted by Gasteiger charge is 2.23. The van der Waals surface area contributed by atoms with Crippen LogP contribution in [0.15, 0.2) is 30.3 Å². The molecule has 0 bridgehead atoms. The first-order chi connectivity index (χ1) is 9.73. The summed E-state index contributed by atoms with van der Waals surface area (Å²) < 4.78 is 11.7. The fourth-order valence-electron chi connectivity index (χ4n) is 1.86. The van der Waals surface area contributed by atoms with Gasteiger partial charge in [0.25, 0.3) is 0 Å². The second-order valence-electron chi connectivity index (χ2n) is 6.18. The van der Waals surface area contributed by atoms with Gasteiger partial charge in [0, 0.05) is 33.9 Å². The number of carbonyl (C=O) groups is 1. The predicted octanol–water partition coefficient (Wildman–Crippen LogP) is 1.99. The molecule has 1 aromatic carbocycles. The maximum atomic E-state index is 12.1. The maximum absolute atomic E-state index is 12.1. The van der Waals surface area contributed by atoms with E-state index in [1.54, 1.807) is 0 Å². The zero-order valence-corrected chi connectivity index (χ0v) is 14.1. The van der Waals surface area contributed by atoms with Gasteiger partial charge in [-0.1, -0.05) is 37.3 Å². The van der Waals surface area contributed by atoms with Crippen LogP contribution >= 0.6 is 0 Å². The Morgan fingerprint density at radius 1 is 1.29 bits per heavy atom. The molecule has 1 amide bonds. The van der Waals surface area contributed by atoms with E-state index in [1.807, 2.05) is 58.0 Å². The molecule has 0 aliphatic rings. The molecule has 1 rings (SSSR count). The Morgan fingerprint density at radius 2 is 1.86 bits per heavy atom. The maximum Gasteiger partial charge on any atom is 0.224 e. The van der Waals surface area contributed by atoms with Crippen LogP contribution in [0.1, 0.15) is 39.3 Å². The topological polar surface area (TPSA) is 72.2 Å². The zero-order valence-electron chi connectivity index (χ0n) is 13.3. The highest BCUT2D eigenvalue weighted by Crippen LogP contribution is 2.19. The lowest BCUT2D eigenvalue weighted by molar-refractivity contribution is -0.125. The Balaban J connectivity index is 2.47. The van der Waals surface area contributed by atoms with Crippen LogP contribution in [-0.4, -0.2) is 27.2 Å². The van der Waals surface area contributed by atoms with E-state index in [2.05, 4.69) is 5.32 Å². The first-order valence-corrected chi connectivity index (χ1v) is 8.52. The molecule has 0 aromatic heterocycles. The summed E-state index contributed by atoms with van der Waals surface area (Å²) in [5.74, 6) is 0.0375. The number of benzene rings is 1. The molecule has 0 aliphatic heterocycles. The van der Waals surface area contributed by atoms with Crippen molar-refractivity contribution in [3.05, 3.63) is 35.9 Å². The van der Waals surface area contributed by atoms with Crippen molar-refractivity contribution in [3.63, 3.8) is 0 Å². The van der Waals surface area contributed by atoms with Gasteiger partial charge in [-0.15, -0.1) is 0 Å². The minimum absolute atomic E-state index is 0.0998. The van der Waals surface area contributed by atoms with E-state index in [0.717, 1.165) is 5.56 Å². The van der Waals surface area contributed by atoms with Crippen molar-refractivity contribution >= 4 is 16.7 Å². The van der Waals surface area contributed by atoms with Gasteiger partial charge in [0.15, 0.2) is 0 Å². The molecule has 0 saturated heterocycles. The summed E-state index contributed by atoms with van der Waals surface area (Å²) in [6.07, 6.45) is 0. The summed E-state index contributed by atoms with van der Waals surface area (Å²) in [7, 11) is -0.960. The van der Waals surface area contributed by atoms with Crippen molar-refractivity contribution in [2.75, 3.05) is 12.3 Å². The van der Waals surface area contributed by atoms with E-state index in [1.165, 1.54) is 0 Å². The Kier molecular flexibility index (Phi) is 6.55. The summed E-state index contributed by atoms with van der Waals surface area (Å²) in [6, 6.07) is 9.24. The molecule has 0 fully saturated rings. The van der Waals surface area contributed by atoms with Gasteiger partial charge >= 0.3 is 0 Å². The molecular weight excluding hydrogens is 284 g/mol. The number of nitrogens with two attached hydrogens (primary N) is 1. The molecule has 21 heavy (non-hydrogen) atoms. The molecule has 0 heterocycles. The third-order valence-corrected chi connectivity index (χ3v) is 5.35. The van der Waals surface area contributed by atoms with E-state index in [0.29, 0.717) is 12.3 Å². The van der Waals surface area contributed by atoms with Crippen molar-refractivity contribution in [2.45, 2.75) is 38.5 Å². The summed E-state index contributed by atoms with van der Waals surface area (Å²) >= 11 is 0. The number of rotatable bonds is 6. The fraction of sp³-hybridized carbons (Fsp3) is 0.562. The molecule has 3 atom stereocenters. The first-order valence-electron chi connectivity index (χ1n) is 7.20. The molecule has 3 unspecified atom stereocenters. The number of carbonyl (C=O) groups excluding carboxylic acids is 1. The van der Waals surface area contributed by atoms with Gasteiger partial charge < -0.3 is 11.1 Å². The molecule has 3 N–H and O–H groups in total. The largest absolute Gasteiger partial charge is 0.355 e. The van der Waals surface area contributed by atoms with Crippen LogP contribution in [-0.2, 0) is 15.6 Å². The highest BCUT2D eigenvalue weighted by molar-refractivity contribution is 7.86. The van der Waals surface area contributed by atoms with Crippen LogP contribution in [0.2, 0.25) is 0 Å². The Hall–Kier alpha value is -1.20. The van der Waals surface area contributed by atoms with Crippen LogP contribution in [0, 0.1) is 5.92 Å². The van der Waals surface area contributed by atoms with Crippen molar-refractivity contribution in [1.29, 1.82) is 0 Å². The van der Waals surface area contributed by atoms with Gasteiger partial charge in [0.1, 0.15) is 0 Å². The first kappa shape index (κ1) is 17.9. The molecule has 5 heteroatoms. The van der Waals surface area contributed by atoms with Crippen molar-refractivity contribution in [3.8, 4) is 0 Å². The highest BCUT2D eigenvalue weighted by atomic mass is 32.2. The lowest BCUT2D eigenvalue weighted by Gasteiger charge is -2.21. The standard InChI is InChI=1S/C16H26N2O2S/c1-12(14(17)13-8-6-5-7-9-13)15(19)18-10-11-21(20)16(2,3)4/h5-9,12,14H,10-11,17H2,1-4H3,(H,18,19). The molecule has 0 saturated carbocycles. The molecule has 0 spiro atoms. The minimum Gasteiger partial charge on any atom is -0.355 e. The van der Waals surface area contributed by atoms with Crippen LogP contribution in [0.5, 0.6) is 0 Å². The second kappa shape index (κ2) is 7.71. The van der Waals surface area contributed by atoms with E-state index < -0.39 is 10.8 Å². The smallest absolute Gasteiger partial charge is 0.224 e. The Labute approximate surface area is 130 Å². The van der Waals surface area contributed by atoms with Crippen LogP contribution < -0.4 is 11.1 Å². The van der Waals surface area contributed by atoms with Crippen molar-refractivity contribution in [2.24, 2.45) is 11.7 Å². The van der Waals surface area contributed by atoms with Crippen molar-refractivity contribution < 1.29 is 9.00 Å². The molecule has 0 radical (unpaired) electrons. The van der Waals surface area contributed by atoms with E-state index in [4.69, 9.17) is 5.73 Å². The average Bonchev–Trinajstić information content (AvgIpc) is 2.45. The van der Waals surface area contributed by atoms with Crippen LogP contribution in [0.25, 0.3) is 0 Å². The predicted molar refractivity (Wildman–Crippen MR) is 88.3 cm³/mol. The van der Waals surface area contributed by atoms with Gasteiger partial charge in [-0.05, 0) is 26.3 Å². The monoisotopic (exact) mass is 310 g/mol. The Morgan fingerprint density at radius 3 is 2.38 bits per heavy atom.